The second-order valence-electron chi connectivity index (χ2n) is 3.83. The Morgan fingerprint density at radius 2 is 1.53 bits per heavy atom. The van der Waals surface area contributed by atoms with Crippen LogP contribution in [-0.4, -0.2) is 15.0 Å². The van der Waals surface area contributed by atoms with E-state index in [1.54, 1.807) is 0 Å². The predicted molar refractivity (Wildman–Crippen MR) is 80.5 cm³/mol. The first-order chi connectivity index (χ1) is 9.15. The molecule has 0 spiro atoms. The van der Waals surface area contributed by atoms with Gasteiger partial charge in [0.25, 0.3) is 0 Å². The maximum absolute atomic E-state index is 5.98. The summed E-state index contributed by atoms with van der Waals surface area (Å²) in [6.45, 7) is 0. The Morgan fingerprint density at radius 1 is 0.842 bits per heavy atom. The van der Waals surface area contributed by atoms with E-state index in [1.165, 1.54) is 0 Å². The molecule has 0 bridgehead atoms. The fourth-order valence-corrected chi connectivity index (χ4v) is 2.26. The van der Waals surface area contributed by atoms with E-state index in [2.05, 4.69) is 30.9 Å². The van der Waals surface area contributed by atoms with Gasteiger partial charge in [-0.15, -0.1) is 0 Å². The maximum Gasteiger partial charge on any atom is 0.181 e. The number of rotatable bonds is 1. The van der Waals surface area contributed by atoms with Crippen LogP contribution in [0.25, 0.3) is 22.4 Å². The SMILES string of the molecule is Clc1nc(-c2ccc3ccccc3n2)nc(Cl)c1Br. The zero-order valence-corrected chi connectivity index (χ0v) is 12.5. The van der Waals surface area contributed by atoms with Gasteiger partial charge in [0.1, 0.15) is 16.0 Å². The van der Waals surface area contributed by atoms with Crippen LogP contribution >= 0.6 is 39.1 Å². The largest absolute Gasteiger partial charge is 0.244 e. The minimum absolute atomic E-state index is 0.268. The highest BCUT2D eigenvalue weighted by atomic mass is 79.9. The third-order valence-corrected chi connectivity index (χ3v) is 4.35. The van der Waals surface area contributed by atoms with Crippen molar-refractivity contribution in [2.75, 3.05) is 0 Å². The van der Waals surface area contributed by atoms with Crippen molar-refractivity contribution in [3.05, 3.63) is 51.2 Å². The topological polar surface area (TPSA) is 38.7 Å². The molecule has 1 aromatic carbocycles. The van der Waals surface area contributed by atoms with Crippen LogP contribution in [-0.2, 0) is 0 Å². The maximum atomic E-state index is 5.98. The zero-order valence-electron chi connectivity index (χ0n) is 9.44. The number of halogens is 3. The summed E-state index contributed by atoms with van der Waals surface area (Å²) in [4.78, 5) is 12.8. The van der Waals surface area contributed by atoms with Gasteiger partial charge >= 0.3 is 0 Å². The molecule has 0 unspecified atom stereocenters. The van der Waals surface area contributed by atoms with Crippen molar-refractivity contribution in [2.45, 2.75) is 0 Å². The van der Waals surface area contributed by atoms with Crippen LogP contribution in [0.2, 0.25) is 10.3 Å². The van der Waals surface area contributed by atoms with Gasteiger partial charge in [0.05, 0.1) is 9.99 Å². The molecule has 0 saturated carbocycles. The Kier molecular flexibility index (Phi) is 3.39. The minimum atomic E-state index is 0.268. The molecule has 2 aromatic heterocycles. The van der Waals surface area contributed by atoms with Gasteiger partial charge in [-0.25, -0.2) is 15.0 Å². The smallest absolute Gasteiger partial charge is 0.181 e. The molecule has 0 saturated heterocycles. The van der Waals surface area contributed by atoms with Crippen molar-refractivity contribution in [3.63, 3.8) is 0 Å². The normalized spacial score (nSPS) is 10.9. The molecule has 3 rings (SSSR count). The minimum Gasteiger partial charge on any atom is -0.244 e. The monoisotopic (exact) mass is 353 g/mol. The van der Waals surface area contributed by atoms with Crippen LogP contribution in [0, 0.1) is 0 Å². The molecular formula is C13H6BrCl2N3. The second kappa shape index (κ2) is 5.04. The lowest BCUT2D eigenvalue weighted by molar-refractivity contribution is 1.14. The van der Waals surface area contributed by atoms with Crippen LogP contribution < -0.4 is 0 Å². The Morgan fingerprint density at radius 3 is 2.26 bits per heavy atom. The average molecular weight is 355 g/mol. The van der Waals surface area contributed by atoms with Gasteiger partial charge < -0.3 is 0 Å². The highest BCUT2D eigenvalue weighted by molar-refractivity contribution is 9.10. The molecule has 0 atom stereocenters. The summed E-state index contributed by atoms with van der Waals surface area (Å²) < 4.78 is 0.486. The van der Waals surface area contributed by atoms with Gasteiger partial charge in [0.2, 0.25) is 0 Å². The van der Waals surface area contributed by atoms with Crippen LogP contribution in [0.15, 0.2) is 40.9 Å². The summed E-state index contributed by atoms with van der Waals surface area (Å²) in [5.41, 5.74) is 1.51. The Hall–Kier alpha value is -1.23. The molecule has 3 nitrogen and oxygen atoms in total. The van der Waals surface area contributed by atoms with Crippen LogP contribution in [0.5, 0.6) is 0 Å². The molecule has 0 aliphatic rings. The van der Waals surface area contributed by atoms with Gasteiger partial charge in [-0.05, 0) is 28.1 Å². The Labute approximate surface area is 127 Å². The molecule has 0 N–H and O–H groups in total. The summed E-state index contributed by atoms with van der Waals surface area (Å²) in [7, 11) is 0. The van der Waals surface area contributed by atoms with Crippen LogP contribution in [0.1, 0.15) is 0 Å². The van der Waals surface area contributed by atoms with E-state index in [4.69, 9.17) is 23.2 Å². The van der Waals surface area contributed by atoms with E-state index in [1.807, 2.05) is 36.4 Å². The summed E-state index contributed by atoms with van der Waals surface area (Å²) >= 11 is 15.2. The number of pyridine rings is 1. The van der Waals surface area contributed by atoms with Crippen LogP contribution in [0.4, 0.5) is 0 Å². The first-order valence-corrected chi connectivity index (χ1v) is 6.95. The second-order valence-corrected chi connectivity index (χ2v) is 5.34. The summed E-state index contributed by atoms with van der Waals surface area (Å²) in [5.74, 6) is 0.406. The molecule has 0 aliphatic carbocycles. The molecule has 94 valence electrons. The summed E-state index contributed by atoms with van der Waals surface area (Å²) in [5, 5.41) is 1.59. The molecular weight excluding hydrogens is 349 g/mol. The Balaban J connectivity index is 2.19. The first kappa shape index (κ1) is 12.8. The third kappa shape index (κ3) is 2.43. The molecule has 2 heterocycles. The van der Waals surface area contributed by atoms with E-state index in [9.17, 15) is 0 Å². The molecule has 3 aromatic rings. The van der Waals surface area contributed by atoms with E-state index in [-0.39, 0.29) is 10.3 Å². The van der Waals surface area contributed by atoms with Gasteiger partial charge in [-0.2, -0.15) is 0 Å². The lowest BCUT2D eigenvalue weighted by Gasteiger charge is -2.04. The van der Waals surface area contributed by atoms with Crippen molar-refractivity contribution in [2.24, 2.45) is 0 Å². The molecule has 6 heteroatoms. The average Bonchev–Trinajstić information content (AvgIpc) is 2.43. The molecule has 0 fully saturated rings. The van der Waals surface area contributed by atoms with Gasteiger partial charge in [0.15, 0.2) is 5.82 Å². The summed E-state index contributed by atoms with van der Waals surface area (Å²) in [6.07, 6.45) is 0. The van der Waals surface area contributed by atoms with Crippen molar-refractivity contribution in [1.82, 2.24) is 15.0 Å². The number of benzene rings is 1. The number of hydrogen-bond acceptors (Lipinski definition) is 3. The number of aromatic nitrogens is 3. The first-order valence-electron chi connectivity index (χ1n) is 5.40. The molecule has 19 heavy (non-hydrogen) atoms. The third-order valence-electron chi connectivity index (χ3n) is 2.60. The van der Waals surface area contributed by atoms with Gasteiger partial charge in [-0.3, -0.25) is 0 Å². The predicted octanol–water partition coefficient (Wildman–Crippen LogP) is 4.76. The van der Waals surface area contributed by atoms with E-state index >= 15 is 0 Å². The van der Waals surface area contributed by atoms with Crippen molar-refractivity contribution < 1.29 is 0 Å². The fraction of sp³-hybridized carbons (Fsp3) is 0. The summed E-state index contributed by atoms with van der Waals surface area (Å²) in [6, 6.07) is 11.6. The van der Waals surface area contributed by atoms with Crippen LogP contribution in [0.3, 0.4) is 0 Å². The highest BCUT2D eigenvalue weighted by Gasteiger charge is 2.11. The number of nitrogens with zero attached hydrogens (tertiary/aromatic N) is 3. The lowest BCUT2D eigenvalue weighted by atomic mass is 10.2. The van der Waals surface area contributed by atoms with Crippen molar-refractivity contribution in [3.8, 4) is 11.5 Å². The quantitative estimate of drug-likeness (QED) is 0.591. The molecule has 0 radical (unpaired) electrons. The van der Waals surface area contributed by atoms with Gasteiger partial charge in [0, 0.05) is 5.39 Å². The van der Waals surface area contributed by atoms with Gasteiger partial charge in [-0.1, -0.05) is 47.5 Å². The van der Waals surface area contributed by atoms with E-state index < -0.39 is 0 Å². The van der Waals surface area contributed by atoms with Crippen molar-refractivity contribution >= 4 is 50.0 Å². The molecule has 0 aliphatic heterocycles. The lowest BCUT2D eigenvalue weighted by Crippen LogP contribution is -1.94. The van der Waals surface area contributed by atoms with Crippen molar-refractivity contribution in [1.29, 1.82) is 0 Å². The molecule has 0 amide bonds. The number of fused-ring (bicyclic) bond motifs is 1. The fourth-order valence-electron chi connectivity index (χ4n) is 1.70. The van der Waals surface area contributed by atoms with E-state index in [0.29, 0.717) is 16.0 Å². The highest BCUT2D eigenvalue weighted by Crippen LogP contribution is 2.29. The Bertz CT molecular complexity index is 754. The zero-order chi connectivity index (χ0) is 13.4. The van der Waals surface area contributed by atoms with E-state index in [0.717, 1.165) is 10.9 Å². The number of para-hydroxylation sites is 1. The standard InChI is InChI=1S/C13H6BrCl2N3/c14-10-11(15)18-13(19-12(10)16)9-6-5-7-3-1-2-4-8(7)17-9/h1-6H. The number of hydrogen-bond donors (Lipinski definition) is 0.